The Kier molecular flexibility index (Phi) is 3.58. The normalized spacial score (nSPS) is 11.8. The molecule has 0 saturated heterocycles. The Labute approximate surface area is 118 Å². The number of anilines is 1. The first-order valence-electron chi connectivity index (χ1n) is 6.23. The summed E-state index contributed by atoms with van der Waals surface area (Å²) in [4.78, 5) is -0.0708. The van der Waals surface area contributed by atoms with Crippen molar-refractivity contribution in [2.24, 2.45) is 5.14 Å². The van der Waals surface area contributed by atoms with Gasteiger partial charge in [-0.1, -0.05) is 6.92 Å². The van der Waals surface area contributed by atoms with Gasteiger partial charge in [0, 0.05) is 5.69 Å². The van der Waals surface area contributed by atoms with Crippen LogP contribution >= 0.6 is 0 Å². The highest BCUT2D eigenvalue weighted by Crippen LogP contribution is 2.23. The number of benzene rings is 1. The fraction of sp³-hybridized carbons (Fsp3) is 0.308. The van der Waals surface area contributed by atoms with Gasteiger partial charge in [-0.3, -0.25) is 0 Å². The van der Waals surface area contributed by atoms with Gasteiger partial charge in [-0.15, -0.1) is 0 Å². The minimum absolute atomic E-state index is 0.0708. The standard InChI is InChI=1S/C13H18N4O2S/c1-4-11-8(2)16-17(9(11)3)10-5-6-13(12(14)7-10)20(15,18)19/h5-7H,4,14H2,1-3H3,(H2,15,18,19). The van der Waals surface area contributed by atoms with Crippen molar-refractivity contribution < 1.29 is 8.42 Å². The predicted octanol–water partition coefficient (Wildman–Crippen LogP) is 1.28. The number of hydrogen-bond acceptors (Lipinski definition) is 4. The number of aromatic nitrogens is 2. The molecule has 0 aliphatic rings. The monoisotopic (exact) mass is 294 g/mol. The Balaban J connectivity index is 2.58. The van der Waals surface area contributed by atoms with E-state index in [4.69, 9.17) is 10.9 Å². The Morgan fingerprint density at radius 3 is 2.40 bits per heavy atom. The van der Waals surface area contributed by atoms with E-state index in [0.717, 1.165) is 23.5 Å². The number of aryl methyl sites for hydroxylation is 1. The number of sulfonamides is 1. The lowest BCUT2D eigenvalue weighted by molar-refractivity contribution is 0.598. The molecule has 0 aliphatic heterocycles. The second-order valence-corrected chi connectivity index (χ2v) is 6.21. The minimum atomic E-state index is -3.80. The largest absolute Gasteiger partial charge is 0.398 e. The van der Waals surface area contributed by atoms with Gasteiger partial charge in [-0.25, -0.2) is 18.2 Å². The summed E-state index contributed by atoms with van der Waals surface area (Å²) in [5, 5.41) is 9.56. The molecule has 0 radical (unpaired) electrons. The molecule has 108 valence electrons. The molecule has 0 bridgehead atoms. The van der Waals surface area contributed by atoms with Gasteiger partial charge in [0.25, 0.3) is 0 Å². The molecule has 0 aliphatic carbocycles. The minimum Gasteiger partial charge on any atom is -0.398 e. The molecule has 1 aromatic carbocycles. The van der Waals surface area contributed by atoms with E-state index in [-0.39, 0.29) is 10.6 Å². The molecule has 2 rings (SSSR count). The van der Waals surface area contributed by atoms with Gasteiger partial charge in [0.15, 0.2) is 0 Å². The van der Waals surface area contributed by atoms with E-state index in [9.17, 15) is 8.42 Å². The number of primary sulfonamides is 1. The van der Waals surface area contributed by atoms with Crippen molar-refractivity contribution in [3.63, 3.8) is 0 Å². The third-order valence-electron chi connectivity index (χ3n) is 3.34. The maximum Gasteiger partial charge on any atom is 0.240 e. The summed E-state index contributed by atoms with van der Waals surface area (Å²) in [6, 6.07) is 4.62. The van der Waals surface area contributed by atoms with Crippen molar-refractivity contribution in [1.82, 2.24) is 9.78 Å². The van der Waals surface area contributed by atoms with Crippen molar-refractivity contribution in [2.45, 2.75) is 32.1 Å². The van der Waals surface area contributed by atoms with Gasteiger partial charge in [0.2, 0.25) is 10.0 Å². The van der Waals surface area contributed by atoms with Gasteiger partial charge in [0.05, 0.1) is 17.1 Å². The lowest BCUT2D eigenvalue weighted by Crippen LogP contribution is -2.14. The molecule has 20 heavy (non-hydrogen) atoms. The number of nitrogen functional groups attached to an aromatic ring is 1. The van der Waals surface area contributed by atoms with E-state index in [1.165, 1.54) is 11.6 Å². The van der Waals surface area contributed by atoms with Crippen LogP contribution in [0.2, 0.25) is 0 Å². The van der Waals surface area contributed by atoms with E-state index in [2.05, 4.69) is 12.0 Å². The van der Waals surface area contributed by atoms with Gasteiger partial charge < -0.3 is 5.73 Å². The highest BCUT2D eigenvalue weighted by molar-refractivity contribution is 7.89. The number of hydrogen-bond donors (Lipinski definition) is 2. The van der Waals surface area contributed by atoms with Crippen LogP contribution in [0.5, 0.6) is 0 Å². The molecule has 1 heterocycles. The fourth-order valence-electron chi connectivity index (χ4n) is 2.36. The first-order valence-corrected chi connectivity index (χ1v) is 7.78. The predicted molar refractivity (Wildman–Crippen MR) is 78.2 cm³/mol. The summed E-state index contributed by atoms with van der Waals surface area (Å²) in [6.07, 6.45) is 0.891. The molecule has 0 amide bonds. The second-order valence-electron chi connectivity index (χ2n) is 4.68. The molecule has 0 spiro atoms. The highest BCUT2D eigenvalue weighted by Gasteiger charge is 2.15. The Bertz CT molecular complexity index is 763. The number of rotatable bonds is 3. The topological polar surface area (TPSA) is 104 Å². The molecular weight excluding hydrogens is 276 g/mol. The summed E-state index contributed by atoms with van der Waals surface area (Å²) in [6.45, 7) is 5.99. The summed E-state index contributed by atoms with van der Waals surface area (Å²) >= 11 is 0. The Morgan fingerprint density at radius 2 is 1.95 bits per heavy atom. The van der Waals surface area contributed by atoms with Crippen molar-refractivity contribution in [3.8, 4) is 5.69 Å². The van der Waals surface area contributed by atoms with E-state index < -0.39 is 10.0 Å². The van der Waals surface area contributed by atoms with Crippen LogP contribution in [0.4, 0.5) is 5.69 Å². The maximum absolute atomic E-state index is 11.3. The average molecular weight is 294 g/mol. The van der Waals surface area contributed by atoms with Gasteiger partial charge in [-0.05, 0) is 44.0 Å². The van der Waals surface area contributed by atoms with Gasteiger partial charge >= 0.3 is 0 Å². The lowest BCUT2D eigenvalue weighted by atomic mass is 10.1. The molecule has 4 N–H and O–H groups in total. The zero-order valence-electron chi connectivity index (χ0n) is 11.7. The van der Waals surface area contributed by atoms with E-state index >= 15 is 0 Å². The molecule has 7 heteroatoms. The first-order chi connectivity index (χ1) is 9.25. The lowest BCUT2D eigenvalue weighted by Gasteiger charge is -2.08. The summed E-state index contributed by atoms with van der Waals surface area (Å²) < 4.78 is 24.5. The molecule has 0 saturated carbocycles. The molecular formula is C13H18N4O2S. The molecule has 0 fully saturated rings. The zero-order valence-corrected chi connectivity index (χ0v) is 12.5. The van der Waals surface area contributed by atoms with Crippen LogP contribution < -0.4 is 10.9 Å². The average Bonchev–Trinajstić information content (AvgIpc) is 2.62. The highest BCUT2D eigenvalue weighted by atomic mass is 32.2. The fourth-order valence-corrected chi connectivity index (χ4v) is 3.01. The first kappa shape index (κ1) is 14.5. The number of nitrogens with zero attached hydrogens (tertiary/aromatic N) is 2. The van der Waals surface area contributed by atoms with Crippen molar-refractivity contribution in [1.29, 1.82) is 0 Å². The zero-order chi connectivity index (χ0) is 15.1. The molecule has 1 aromatic heterocycles. The second kappa shape index (κ2) is 4.92. The molecule has 2 aromatic rings. The van der Waals surface area contributed by atoms with E-state index in [1.54, 1.807) is 16.8 Å². The Morgan fingerprint density at radius 1 is 1.30 bits per heavy atom. The van der Waals surface area contributed by atoms with Crippen LogP contribution in [-0.2, 0) is 16.4 Å². The third-order valence-corrected chi connectivity index (χ3v) is 4.32. The van der Waals surface area contributed by atoms with E-state index in [0.29, 0.717) is 0 Å². The van der Waals surface area contributed by atoms with Crippen LogP contribution in [0.1, 0.15) is 23.9 Å². The van der Waals surface area contributed by atoms with Crippen LogP contribution in [-0.4, -0.2) is 18.2 Å². The van der Waals surface area contributed by atoms with Crippen LogP contribution in [0.25, 0.3) is 5.69 Å². The summed E-state index contributed by atoms with van der Waals surface area (Å²) in [5.74, 6) is 0. The Hall–Kier alpha value is -1.86. The van der Waals surface area contributed by atoms with E-state index in [1.807, 2.05) is 13.8 Å². The molecule has 6 nitrogen and oxygen atoms in total. The van der Waals surface area contributed by atoms with Gasteiger partial charge in [0.1, 0.15) is 4.90 Å². The number of nitrogens with two attached hydrogens (primary N) is 2. The molecule has 0 unspecified atom stereocenters. The summed E-state index contributed by atoms with van der Waals surface area (Å²) in [7, 11) is -3.80. The van der Waals surface area contributed by atoms with Gasteiger partial charge in [-0.2, -0.15) is 5.10 Å². The van der Waals surface area contributed by atoms with Crippen LogP contribution in [0.3, 0.4) is 0 Å². The van der Waals surface area contributed by atoms with Crippen LogP contribution in [0, 0.1) is 13.8 Å². The van der Waals surface area contributed by atoms with Crippen molar-refractivity contribution in [2.75, 3.05) is 5.73 Å². The van der Waals surface area contributed by atoms with Crippen molar-refractivity contribution >= 4 is 15.7 Å². The molecule has 0 atom stereocenters. The maximum atomic E-state index is 11.3. The van der Waals surface area contributed by atoms with Crippen LogP contribution in [0.15, 0.2) is 23.1 Å². The SMILES string of the molecule is CCc1c(C)nn(-c2ccc(S(N)(=O)=O)c(N)c2)c1C. The summed E-state index contributed by atoms with van der Waals surface area (Å²) in [5.41, 5.74) is 9.77. The smallest absolute Gasteiger partial charge is 0.240 e. The van der Waals surface area contributed by atoms with Crippen molar-refractivity contribution in [3.05, 3.63) is 35.2 Å². The quantitative estimate of drug-likeness (QED) is 0.832. The third kappa shape index (κ3) is 2.41.